The minimum Gasteiger partial charge on any atom is -0.312 e. The molecule has 1 aliphatic rings. The molecular weight excluding hydrogens is 298 g/mol. The van der Waals surface area contributed by atoms with Crippen molar-refractivity contribution in [2.24, 2.45) is 11.3 Å². The number of carbonyl (C=O) groups excluding carboxylic acids is 1. The van der Waals surface area contributed by atoms with Crippen LogP contribution in [0.1, 0.15) is 65.0 Å². The summed E-state index contributed by atoms with van der Waals surface area (Å²) in [6.07, 6.45) is 5.60. The van der Waals surface area contributed by atoms with E-state index in [-0.39, 0.29) is 22.5 Å². The van der Waals surface area contributed by atoms with Crippen molar-refractivity contribution >= 4 is 23.2 Å². The highest BCUT2D eigenvalue weighted by Gasteiger charge is 2.36. The molecule has 0 saturated heterocycles. The predicted octanol–water partition coefficient (Wildman–Crippen LogP) is 4.43. The Morgan fingerprint density at radius 2 is 2.14 bits per heavy atom. The fourth-order valence-corrected chi connectivity index (χ4v) is 3.38. The zero-order chi connectivity index (χ0) is 16.5. The number of aromatic nitrogens is 2. The van der Waals surface area contributed by atoms with Gasteiger partial charge in [-0.2, -0.15) is 0 Å². The van der Waals surface area contributed by atoms with Crippen molar-refractivity contribution < 1.29 is 4.79 Å². The van der Waals surface area contributed by atoms with Crippen molar-refractivity contribution in [1.29, 1.82) is 0 Å². The number of hydrogen-bond acceptors (Lipinski definition) is 3. The van der Waals surface area contributed by atoms with E-state index in [1.165, 1.54) is 0 Å². The molecule has 0 fully saturated rings. The second-order valence-corrected chi connectivity index (χ2v) is 7.18. The second-order valence-electron chi connectivity index (χ2n) is 6.85. The van der Waals surface area contributed by atoms with E-state index < -0.39 is 0 Å². The topological polar surface area (TPSA) is 46.1 Å². The van der Waals surface area contributed by atoms with Crippen LogP contribution in [0.15, 0.2) is 6.20 Å². The van der Waals surface area contributed by atoms with Gasteiger partial charge in [-0.05, 0) is 30.4 Å². The molecule has 0 spiro atoms. The van der Waals surface area contributed by atoms with E-state index in [2.05, 4.69) is 37.7 Å². The Balaban J connectivity index is 2.55. The van der Waals surface area contributed by atoms with Gasteiger partial charge in [-0.15, -0.1) is 0 Å². The quantitative estimate of drug-likeness (QED) is 0.718. The van der Waals surface area contributed by atoms with Crippen LogP contribution in [0.2, 0.25) is 5.28 Å². The highest BCUT2D eigenvalue weighted by molar-refractivity contribution is 6.28. The molecule has 0 aliphatic carbocycles. The van der Waals surface area contributed by atoms with Gasteiger partial charge in [-0.1, -0.05) is 40.5 Å². The van der Waals surface area contributed by atoms with Crippen LogP contribution in [0, 0.1) is 11.3 Å². The first-order valence-electron chi connectivity index (χ1n) is 8.10. The van der Waals surface area contributed by atoms with Crippen LogP contribution in [0.4, 0.5) is 5.69 Å². The normalized spacial score (nSPS) is 30.1. The van der Waals surface area contributed by atoms with Gasteiger partial charge in [0.15, 0.2) is 0 Å². The zero-order valence-corrected chi connectivity index (χ0v) is 14.9. The van der Waals surface area contributed by atoms with Crippen molar-refractivity contribution in [2.45, 2.75) is 59.3 Å². The van der Waals surface area contributed by atoms with Gasteiger partial charge in [0.1, 0.15) is 0 Å². The van der Waals surface area contributed by atoms with Crippen LogP contribution in [0.3, 0.4) is 0 Å². The Morgan fingerprint density at radius 1 is 1.45 bits per heavy atom. The molecule has 0 bridgehead atoms. The van der Waals surface area contributed by atoms with Crippen molar-refractivity contribution in [3.05, 3.63) is 17.2 Å². The van der Waals surface area contributed by atoms with Crippen molar-refractivity contribution in [1.82, 2.24) is 9.97 Å². The van der Waals surface area contributed by atoms with E-state index >= 15 is 0 Å². The van der Waals surface area contributed by atoms with Gasteiger partial charge < -0.3 is 4.90 Å². The SMILES string of the molecule is CCC1(C)CCCC(C)C(C)c2nc(Cl)ncc2N(C)C1=O. The van der Waals surface area contributed by atoms with Crippen LogP contribution in [-0.2, 0) is 4.79 Å². The van der Waals surface area contributed by atoms with Crippen LogP contribution in [0.25, 0.3) is 0 Å². The number of hydrogen-bond donors (Lipinski definition) is 0. The molecule has 3 unspecified atom stereocenters. The first-order chi connectivity index (χ1) is 10.3. The third-order valence-corrected chi connectivity index (χ3v) is 5.59. The molecule has 4 nitrogen and oxygen atoms in total. The lowest BCUT2D eigenvalue weighted by Crippen LogP contribution is -2.41. The van der Waals surface area contributed by atoms with Crippen molar-refractivity contribution in [3.63, 3.8) is 0 Å². The molecule has 0 N–H and O–H groups in total. The molecule has 3 atom stereocenters. The maximum Gasteiger partial charge on any atom is 0.232 e. The summed E-state index contributed by atoms with van der Waals surface area (Å²) < 4.78 is 0. The highest BCUT2D eigenvalue weighted by atomic mass is 35.5. The lowest BCUT2D eigenvalue weighted by molar-refractivity contribution is -0.127. The van der Waals surface area contributed by atoms with Gasteiger partial charge in [-0.3, -0.25) is 4.79 Å². The number of amides is 1. The summed E-state index contributed by atoms with van der Waals surface area (Å²) in [4.78, 5) is 23.3. The smallest absolute Gasteiger partial charge is 0.232 e. The van der Waals surface area contributed by atoms with Gasteiger partial charge in [0.05, 0.1) is 17.6 Å². The van der Waals surface area contributed by atoms with Crippen LogP contribution < -0.4 is 4.90 Å². The molecule has 1 aromatic heterocycles. The summed E-state index contributed by atoms with van der Waals surface area (Å²) in [6, 6.07) is 0. The predicted molar refractivity (Wildman–Crippen MR) is 90.3 cm³/mol. The molecule has 1 aliphatic heterocycles. The minimum atomic E-state index is -0.327. The van der Waals surface area contributed by atoms with E-state index in [1.807, 2.05) is 7.05 Å². The van der Waals surface area contributed by atoms with Crippen molar-refractivity contribution in [3.8, 4) is 0 Å². The Labute approximate surface area is 138 Å². The third-order valence-electron chi connectivity index (χ3n) is 5.40. The van der Waals surface area contributed by atoms with Gasteiger partial charge in [-0.25, -0.2) is 9.97 Å². The average molecular weight is 324 g/mol. The molecule has 0 aromatic carbocycles. The lowest BCUT2D eigenvalue weighted by Gasteiger charge is -2.35. The van der Waals surface area contributed by atoms with Crippen LogP contribution in [-0.4, -0.2) is 22.9 Å². The summed E-state index contributed by atoms with van der Waals surface area (Å²) in [5.41, 5.74) is 1.34. The first-order valence-corrected chi connectivity index (χ1v) is 8.48. The van der Waals surface area contributed by atoms with Crippen LogP contribution in [0.5, 0.6) is 0 Å². The largest absolute Gasteiger partial charge is 0.312 e. The summed E-state index contributed by atoms with van der Waals surface area (Å²) in [7, 11) is 1.82. The number of carbonyl (C=O) groups is 1. The summed E-state index contributed by atoms with van der Waals surface area (Å²) in [5.74, 6) is 0.882. The summed E-state index contributed by atoms with van der Waals surface area (Å²) in [5, 5.41) is 0.244. The van der Waals surface area contributed by atoms with E-state index in [9.17, 15) is 4.79 Å². The van der Waals surface area contributed by atoms with Crippen molar-refractivity contribution in [2.75, 3.05) is 11.9 Å². The molecule has 2 rings (SSSR count). The fourth-order valence-electron chi connectivity index (χ4n) is 3.24. The van der Waals surface area contributed by atoms with Gasteiger partial charge in [0.25, 0.3) is 0 Å². The molecule has 122 valence electrons. The second kappa shape index (κ2) is 6.53. The van der Waals surface area contributed by atoms with E-state index in [0.717, 1.165) is 37.1 Å². The molecule has 2 heterocycles. The van der Waals surface area contributed by atoms with Crippen LogP contribution >= 0.6 is 11.6 Å². The zero-order valence-electron chi connectivity index (χ0n) is 14.2. The lowest BCUT2D eigenvalue weighted by atomic mass is 9.77. The Morgan fingerprint density at radius 3 is 2.77 bits per heavy atom. The van der Waals surface area contributed by atoms with E-state index in [0.29, 0.717) is 5.92 Å². The average Bonchev–Trinajstić information content (AvgIpc) is 2.51. The van der Waals surface area contributed by atoms with E-state index in [4.69, 9.17) is 11.6 Å². The molecule has 5 heteroatoms. The third kappa shape index (κ3) is 3.12. The monoisotopic (exact) mass is 323 g/mol. The number of fused-ring (bicyclic) bond motifs is 1. The van der Waals surface area contributed by atoms with E-state index in [1.54, 1.807) is 11.1 Å². The highest BCUT2D eigenvalue weighted by Crippen LogP contribution is 2.39. The fraction of sp³-hybridized carbons (Fsp3) is 0.706. The number of halogens is 1. The molecule has 0 saturated carbocycles. The van der Waals surface area contributed by atoms with Gasteiger partial charge in [0, 0.05) is 18.4 Å². The minimum absolute atomic E-state index is 0.143. The molecule has 22 heavy (non-hydrogen) atoms. The number of anilines is 1. The number of nitrogens with zero attached hydrogens (tertiary/aromatic N) is 3. The number of rotatable bonds is 1. The first kappa shape index (κ1) is 17.2. The molecular formula is C17H26ClN3O. The molecule has 1 amide bonds. The Bertz CT molecular complexity index is 563. The summed E-state index contributed by atoms with van der Waals surface area (Å²) in [6.45, 7) is 8.56. The standard InChI is InChI=1S/C17H26ClN3O/c1-6-17(4)9-7-8-11(2)12(3)14-13(21(5)15(17)22)10-19-16(18)20-14/h10-12H,6-9H2,1-5H3. The van der Waals surface area contributed by atoms with Gasteiger partial charge in [0.2, 0.25) is 11.2 Å². The molecule has 1 aromatic rings. The Kier molecular flexibility index (Phi) is 5.10. The Hall–Kier alpha value is -1.16. The molecule has 0 radical (unpaired) electrons. The maximum absolute atomic E-state index is 13.0. The summed E-state index contributed by atoms with van der Waals surface area (Å²) >= 11 is 6.00. The van der Waals surface area contributed by atoms with Gasteiger partial charge >= 0.3 is 0 Å². The maximum atomic E-state index is 13.0.